The van der Waals surface area contributed by atoms with E-state index in [1.165, 1.54) is 13.0 Å². The van der Waals surface area contributed by atoms with E-state index in [-0.39, 0.29) is 18.2 Å². The second-order valence-corrected chi connectivity index (χ2v) is 3.49. The molecule has 0 aliphatic carbocycles. The van der Waals surface area contributed by atoms with Crippen LogP contribution in [0.5, 0.6) is 0 Å². The Morgan fingerprint density at radius 3 is 2.87 bits per heavy atom. The zero-order valence-electron chi connectivity index (χ0n) is 8.92. The van der Waals surface area contributed by atoms with Gasteiger partial charge in [0.1, 0.15) is 24.4 Å². The maximum Gasteiger partial charge on any atom is 0.302 e. The maximum absolute atomic E-state index is 10.7. The van der Waals surface area contributed by atoms with Crippen molar-refractivity contribution in [3.05, 3.63) is 24.8 Å². The topological polar surface area (TPSA) is 55.8 Å². The van der Waals surface area contributed by atoms with E-state index in [2.05, 4.69) is 6.58 Å². The van der Waals surface area contributed by atoms with Crippen LogP contribution in [0.1, 0.15) is 13.8 Å². The van der Waals surface area contributed by atoms with Crippen molar-refractivity contribution in [2.75, 3.05) is 0 Å². The molecular weight excluding hydrogens is 196 g/mol. The number of hydrogen-bond acceptors (Lipinski definition) is 4. The number of carbonyl (C=O) groups is 1. The van der Waals surface area contributed by atoms with E-state index >= 15 is 0 Å². The van der Waals surface area contributed by atoms with Gasteiger partial charge < -0.3 is 14.6 Å². The Hall–Kier alpha value is -1.13. The van der Waals surface area contributed by atoms with Gasteiger partial charge in [-0.15, -0.1) is 6.58 Å². The molecule has 0 amide bonds. The Labute approximate surface area is 89.2 Å². The summed E-state index contributed by atoms with van der Waals surface area (Å²) in [4.78, 5) is 10.7. The fraction of sp³-hybridized carbons (Fsp3) is 0.545. The lowest BCUT2D eigenvalue weighted by Crippen LogP contribution is -2.39. The Bertz CT molecular complexity index is 272. The molecule has 0 fully saturated rings. The summed E-state index contributed by atoms with van der Waals surface area (Å²) in [6.45, 7) is 6.66. The molecule has 15 heavy (non-hydrogen) atoms. The predicted octanol–water partition coefficient (Wildman–Crippen LogP) is 0.808. The standard InChI is InChI=1S/C11H16O4/c1-4-10-9(13)5-6-11(15-10)7(2)14-8(3)12/h4-7,9-11,13H,1H2,2-3H3/t7?,9-,10-,11+/m1/s1. The molecule has 84 valence electrons. The van der Waals surface area contributed by atoms with Crippen LogP contribution in [-0.2, 0) is 14.3 Å². The molecule has 4 atom stereocenters. The van der Waals surface area contributed by atoms with Crippen LogP contribution in [-0.4, -0.2) is 35.5 Å². The zero-order chi connectivity index (χ0) is 11.4. The van der Waals surface area contributed by atoms with E-state index in [1.807, 2.05) is 0 Å². The Morgan fingerprint density at radius 1 is 1.67 bits per heavy atom. The van der Waals surface area contributed by atoms with Crippen LogP contribution in [0.25, 0.3) is 0 Å². The quantitative estimate of drug-likeness (QED) is 0.555. The van der Waals surface area contributed by atoms with E-state index in [0.717, 1.165) is 0 Å². The van der Waals surface area contributed by atoms with Crippen LogP contribution in [0.2, 0.25) is 0 Å². The molecule has 0 aromatic carbocycles. The monoisotopic (exact) mass is 212 g/mol. The van der Waals surface area contributed by atoms with Gasteiger partial charge in [-0.1, -0.05) is 18.2 Å². The van der Waals surface area contributed by atoms with Gasteiger partial charge in [-0.2, -0.15) is 0 Å². The fourth-order valence-corrected chi connectivity index (χ4v) is 1.43. The second-order valence-electron chi connectivity index (χ2n) is 3.49. The molecule has 0 saturated heterocycles. The molecule has 1 unspecified atom stereocenters. The van der Waals surface area contributed by atoms with Crippen molar-refractivity contribution in [1.82, 2.24) is 0 Å². The number of ether oxygens (including phenoxy) is 2. The number of aliphatic hydroxyl groups excluding tert-OH is 1. The van der Waals surface area contributed by atoms with E-state index < -0.39 is 12.2 Å². The van der Waals surface area contributed by atoms with Crippen molar-refractivity contribution in [2.45, 2.75) is 38.3 Å². The highest BCUT2D eigenvalue weighted by molar-refractivity contribution is 5.66. The van der Waals surface area contributed by atoms with E-state index in [9.17, 15) is 9.90 Å². The molecule has 1 rings (SSSR count). The summed E-state index contributed by atoms with van der Waals surface area (Å²) in [5.41, 5.74) is 0. The molecule has 0 bridgehead atoms. The minimum Gasteiger partial charge on any atom is -0.460 e. The number of rotatable bonds is 3. The smallest absolute Gasteiger partial charge is 0.302 e. The van der Waals surface area contributed by atoms with Crippen molar-refractivity contribution in [3.63, 3.8) is 0 Å². The van der Waals surface area contributed by atoms with Gasteiger partial charge >= 0.3 is 5.97 Å². The molecule has 0 aromatic rings. The summed E-state index contributed by atoms with van der Waals surface area (Å²) in [7, 11) is 0. The summed E-state index contributed by atoms with van der Waals surface area (Å²) < 4.78 is 10.5. The van der Waals surface area contributed by atoms with Crippen molar-refractivity contribution >= 4 is 5.97 Å². The molecule has 1 aliphatic rings. The van der Waals surface area contributed by atoms with Crippen LogP contribution in [0.15, 0.2) is 24.8 Å². The van der Waals surface area contributed by atoms with E-state index in [4.69, 9.17) is 9.47 Å². The molecule has 0 aromatic heterocycles. The highest BCUT2D eigenvalue weighted by Gasteiger charge is 2.27. The van der Waals surface area contributed by atoms with Crippen molar-refractivity contribution in [2.24, 2.45) is 0 Å². The van der Waals surface area contributed by atoms with E-state index in [1.54, 1.807) is 19.1 Å². The molecule has 0 radical (unpaired) electrons. The van der Waals surface area contributed by atoms with Gasteiger partial charge in [0.15, 0.2) is 0 Å². The number of hydrogen-bond donors (Lipinski definition) is 1. The Balaban J connectivity index is 2.61. The van der Waals surface area contributed by atoms with Gasteiger partial charge in [-0.3, -0.25) is 4.79 Å². The maximum atomic E-state index is 10.7. The van der Waals surface area contributed by atoms with Crippen LogP contribution in [0, 0.1) is 0 Å². The first-order valence-corrected chi connectivity index (χ1v) is 4.86. The highest BCUT2D eigenvalue weighted by Crippen LogP contribution is 2.17. The van der Waals surface area contributed by atoms with Crippen molar-refractivity contribution in [3.8, 4) is 0 Å². The first-order valence-electron chi connectivity index (χ1n) is 4.86. The van der Waals surface area contributed by atoms with Crippen molar-refractivity contribution in [1.29, 1.82) is 0 Å². The molecular formula is C11H16O4. The van der Waals surface area contributed by atoms with Gasteiger partial charge in [-0.05, 0) is 6.92 Å². The van der Waals surface area contributed by atoms with Crippen LogP contribution in [0.3, 0.4) is 0 Å². The molecule has 4 heteroatoms. The average molecular weight is 212 g/mol. The van der Waals surface area contributed by atoms with E-state index in [0.29, 0.717) is 0 Å². The summed E-state index contributed by atoms with van der Waals surface area (Å²) in [5, 5.41) is 9.46. The lowest BCUT2D eigenvalue weighted by Gasteiger charge is -2.30. The normalized spacial score (nSPS) is 32.1. The number of aliphatic hydroxyl groups is 1. The number of esters is 1. The summed E-state index contributed by atoms with van der Waals surface area (Å²) in [6, 6.07) is 0. The predicted molar refractivity (Wildman–Crippen MR) is 55.2 cm³/mol. The van der Waals surface area contributed by atoms with Gasteiger partial charge in [0.25, 0.3) is 0 Å². The van der Waals surface area contributed by atoms with Crippen LogP contribution < -0.4 is 0 Å². The van der Waals surface area contributed by atoms with Crippen LogP contribution >= 0.6 is 0 Å². The third kappa shape index (κ3) is 3.18. The minimum atomic E-state index is -0.678. The van der Waals surface area contributed by atoms with Crippen molar-refractivity contribution < 1.29 is 19.4 Å². The van der Waals surface area contributed by atoms with Crippen LogP contribution in [0.4, 0.5) is 0 Å². The first kappa shape index (κ1) is 11.9. The summed E-state index contributed by atoms with van der Waals surface area (Å²) in [6.07, 6.45) is 3.02. The largest absolute Gasteiger partial charge is 0.460 e. The lowest BCUT2D eigenvalue weighted by molar-refractivity contribution is -0.154. The van der Waals surface area contributed by atoms with Gasteiger partial charge in [0, 0.05) is 6.92 Å². The third-order valence-electron chi connectivity index (χ3n) is 2.20. The summed E-state index contributed by atoms with van der Waals surface area (Å²) >= 11 is 0. The molecule has 0 spiro atoms. The average Bonchev–Trinajstić information content (AvgIpc) is 2.17. The molecule has 1 aliphatic heterocycles. The molecule has 1 N–H and O–H groups in total. The second kappa shape index (κ2) is 5.09. The first-order chi connectivity index (χ1) is 7.04. The highest BCUT2D eigenvalue weighted by atomic mass is 16.6. The Morgan fingerprint density at radius 2 is 2.33 bits per heavy atom. The van der Waals surface area contributed by atoms with Gasteiger partial charge in [0.05, 0.1) is 0 Å². The minimum absolute atomic E-state index is 0.333. The van der Waals surface area contributed by atoms with Gasteiger partial charge in [-0.25, -0.2) is 0 Å². The SMILES string of the molecule is C=C[C@H]1O[C@H](C(C)OC(C)=O)C=C[C@H]1O. The van der Waals surface area contributed by atoms with Gasteiger partial charge in [0.2, 0.25) is 0 Å². The third-order valence-corrected chi connectivity index (χ3v) is 2.20. The molecule has 1 heterocycles. The summed E-state index contributed by atoms with van der Waals surface area (Å²) in [5.74, 6) is -0.347. The zero-order valence-corrected chi connectivity index (χ0v) is 8.92. The molecule has 0 saturated carbocycles. The Kier molecular flexibility index (Phi) is 4.05. The number of carbonyl (C=O) groups excluding carboxylic acids is 1. The molecule has 4 nitrogen and oxygen atoms in total. The lowest BCUT2D eigenvalue weighted by atomic mass is 10.1. The fourth-order valence-electron chi connectivity index (χ4n) is 1.43.